The van der Waals surface area contributed by atoms with Crippen molar-refractivity contribution in [3.05, 3.63) is 30.0 Å². The van der Waals surface area contributed by atoms with Crippen molar-refractivity contribution in [1.82, 2.24) is 4.98 Å². The largest absolute Gasteiger partial charge is 0.493 e. The first-order chi connectivity index (χ1) is 5.93. The highest BCUT2D eigenvalue weighted by Gasteiger charge is 2.12. The smallest absolute Gasteiger partial charge is 0.124 e. The number of rotatable bonds is 0. The number of benzene rings is 1. The molecule has 1 aliphatic heterocycles. The summed E-state index contributed by atoms with van der Waals surface area (Å²) in [6.45, 7) is 0.835. The number of fused-ring (bicyclic) bond motifs is 2. The van der Waals surface area contributed by atoms with Crippen LogP contribution in [0.5, 0.6) is 5.75 Å². The first kappa shape index (κ1) is 6.12. The monoisotopic (exact) mass is 159 g/mol. The van der Waals surface area contributed by atoms with E-state index in [1.165, 1.54) is 10.9 Å². The molecule has 3 rings (SSSR count). The third-order valence-electron chi connectivity index (χ3n) is 2.36. The van der Waals surface area contributed by atoms with Gasteiger partial charge < -0.3 is 9.72 Å². The molecule has 0 aliphatic carbocycles. The molecule has 0 spiro atoms. The first-order valence-electron chi connectivity index (χ1n) is 4.16. The molecule has 0 saturated carbocycles. The number of hydrogen-bond acceptors (Lipinski definition) is 1. The maximum absolute atomic E-state index is 5.46. The van der Waals surface area contributed by atoms with Gasteiger partial charge in [0.05, 0.1) is 6.61 Å². The van der Waals surface area contributed by atoms with Gasteiger partial charge in [0.1, 0.15) is 5.75 Å². The fraction of sp³-hybridized carbons (Fsp3) is 0.200. The summed E-state index contributed by atoms with van der Waals surface area (Å²) >= 11 is 0. The highest BCUT2D eigenvalue weighted by molar-refractivity contribution is 5.82. The summed E-state index contributed by atoms with van der Waals surface area (Å²) in [4.78, 5) is 3.17. The van der Waals surface area contributed by atoms with Crippen LogP contribution in [0.4, 0.5) is 0 Å². The van der Waals surface area contributed by atoms with Gasteiger partial charge in [0.2, 0.25) is 0 Å². The van der Waals surface area contributed by atoms with Gasteiger partial charge in [-0.2, -0.15) is 0 Å². The van der Waals surface area contributed by atoms with Crippen LogP contribution in [-0.2, 0) is 6.42 Å². The average Bonchev–Trinajstić information content (AvgIpc) is 2.64. The van der Waals surface area contributed by atoms with E-state index in [1.807, 2.05) is 6.20 Å². The Bertz CT molecular complexity index is 392. The van der Waals surface area contributed by atoms with E-state index in [1.54, 1.807) is 0 Å². The Morgan fingerprint density at radius 3 is 3.33 bits per heavy atom. The van der Waals surface area contributed by atoms with Crippen molar-refractivity contribution in [3.8, 4) is 5.75 Å². The van der Waals surface area contributed by atoms with Crippen LogP contribution in [0, 0.1) is 0 Å². The molecule has 2 nitrogen and oxygen atoms in total. The van der Waals surface area contributed by atoms with Gasteiger partial charge in [-0.3, -0.25) is 0 Å². The Kier molecular flexibility index (Phi) is 1.04. The molecule has 0 amide bonds. The molecule has 0 bridgehead atoms. The molecule has 0 saturated heterocycles. The van der Waals surface area contributed by atoms with Crippen LogP contribution in [0.1, 0.15) is 5.56 Å². The summed E-state index contributed by atoms with van der Waals surface area (Å²) in [6, 6.07) is 6.37. The number of aromatic nitrogens is 1. The predicted molar refractivity (Wildman–Crippen MR) is 47.5 cm³/mol. The molecule has 60 valence electrons. The highest BCUT2D eigenvalue weighted by Crippen LogP contribution is 2.29. The molecular formula is C10H9NO. The zero-order chi connectivity index (χ0) is 7.97. The summed E-state index contributed by atoms with van der Waals surface area (Å²) in [5, 5.41) is 1.28. The number of H-pyrrole nitrogens is 1. The lowest BCUT2D eigenvalue weighted by molar-refractivity contribution is 0.357. The van der Waals surface area contributed by atoms with Crippen LogP contribution in [0.2, 0.25) is 0 Å². The van der Waals surface area contributed by atoms with Crippen molar-refractivity contribution < 1.29 is 4.74 Å². The van der Waals surface area contributed by atoms with Crippen LogP contribution < -0.4 is 4.74 Å². The molecule has 2 heterocycles. The van der Waals surface area contributed by atoms with Crippen LogP contribution in [0.15, 0.2) is 24.4 Å². The molecule has 1 aromatic carbocycles. The SMILES string of the molecule is c1cc2cc3c(cc2[nH]1)OCC3. The number of aromatic amines is 1. The predicted octanol–water partition coefficient (Wildman–Crippen LogP) is 2.10. The standard InChI is InChI=1S/C10H9NO/c1-3-11-9-6-10-8(2-4-12-10)5-7(1)9/h1,3,5-6,11H,2,4H2. The minimum atomic E-state index is 0.835. The summed E-state index contributed by atoms with van der Waals surface area (Å²) in [7, 11) is 0. The summed E-state index contributed by atoms with van der Waals surface area (Å²) in [5.41, 5.74) is 2.50. The lowest BCUT2D eigenvalue weighted by atomic mass is 10.1. The van der Waals surface area contributed by atoms with Crippen molar-refractivity contribution >= 4 is 10.9 Å². The summed E-state index contributed by atoms with van der Waals surface area (Å²) < 4.78 is 5.46. The van der Waals surface area contributed by atoms with E-state index in [2.05, 4.69) is 23.2 Å². The van der Waals surface area contributed by atoms with E-state index in [-0.39, 0.29) is 0 Å². The van der Waals surface area contributed by atoms with Gasteiger partial charge in [0.25, 0.3) is 0 Å². The van der Waals surface area contributed by atoms with Gasteiger partial charge in [-0.1, -0.05) is 0 Å². The van der Waals surface area contributed by atoms with E-state index in [0.29, 0.717) is 0 Å². The molecule has 2 heteroatoms. The molecule has 0 atom stereocenters. The molecule has 0 fully saturated rings. The van der Waals surface area contributed by atoms with Crippen LogP contribution in [0.3, 0.4) is 0 Å². The number of ether oxygens (including phenoxy) is 1. The van der Waals surface area contributed by atoms with E-state index < -0.39 is 0 Å². The Labute approximate surface area is 70.2 Å². The Hall–Kier alpha value is -1.44. The molecule has 1 N–H and O–H groups in total. The lowest BCUT2D eigenvalue weighted by Gasteiger charge is -1.97. The van der Waals surface area contributed by atoms with Crippen molar-refractivity contribution in [2.24, 2.45) is 0 Å². The normalized spacial score (nSPS) is 14.7. The van der Waals surface area contributed by atoms with Gasteiger partial charge >= 0.3 is 0 Å². The molecule has 0 radical (unpaired) electrons. The van der Waals surface area contributed by atoms with E-state index >= 15 is 0 Å². The quantitative estimate of drug-likeness (QED) is 0.625. The second-order valence-electron chi connectivity index (χ2n) is 3.12. The minimum absolute atomic E-state index is 0.835. The lowest BCUT2D eigenvalue weighted by Crippen LogP contribution is -1.85. The van der Waals surface area contributed by atoms with E-state index in [4.69, 9.17) is 4.74 Å². The number of hydrogen-bond donors (Lipinski definition) is 1. The van der Waals surface area contributed by atoms with Crippen molar-refractivity contribution in [2.75, 3.05) is 6.61 Å². The Morgan fingerprint density at radius 1 is 1.33 bits per heavy atom. The summed E-state index contributed by atoms with van der Waals surface area (Å²) in [6.07, 6.45) is 3.01. The Balaban J connectivity index is 2.38. The van der Waals surface area contributed by atoms with Gasteiger partial charge in [-0.15, -0.1) is 0 Å². The first-order valence-corrected chi connectivity index (χ1v) is 4.16. The average molecular weight is 159 g/mol. The highest BCUT2D eigenvalue weighted by atomic mass is 16.5. The third kappa shape index (κ3) is 0.694. The Morgan fingerprint density at radius 2 is 2.33 bits per heavy atom. The van der Waals surface area contributed by atoms with Gasteiger partial charge in [-0.25, -0.2) is 0 Å². The fourth-order valence-corrected chi connectivity index (χ4v) is 1.73. The molecule has 2 aromatic rings. The molecule has 0 unspecified atom stereocenters. The summed E-state index contributed by atoms with van der Waals surface area (Å²) in [5.74, 6) is 1.05. The van der Waals surface area contributed by atoms with Crippen LogP contribution >= 0.6 is 0 Å². The molecule has 12 heavy (non-hydrogen) atoms. The van der Waals surface area contributed by atoms with Gasteiger partial charge in [0.15, 0.2) is 0 Å². The fourth-order valence-electron chi connectivity index (χ4n) is 1.73. The van der Waals surface area contributed by atoms with E-state index in [0.717, 1.165) is 24.3 Å². The minimum Gasteiger partial charge on any atom is -0.493 e. The van der Waals surface area contributed by atoms with Crippen LogP contribution in [-0.4, -0.2) is 11.6 Å². The second-order valence-corrected chi connectivity index (χ2v) is 3.12. The topological polar surface area (TPSA) is 25.0 Å². The van der Waals surface area contributed by atoms with Crippen molar-refractivity contribution in [3.63, 3.8) is 0 Å². The van der Waals surface area contributed by atoms with Gasteiger partial charge in [-0.05, 0) is 23.1 Å². The second kappa shape index (κ2) is 2.03. The number of nitrogens with one attached hydrogen (secondary N) is 1. The third-order valence-corrected chi connectivity index (χ3v) is 2.36. The maximum Gasteiger partial charge on any atom is 0.124 e. The zero-order valence-electron chi connectivity index (χ0n) is 6.63. The van der Waals surface area contributed by atoms with Crippen molar-refractivity contribution in [1.29, 1.82) is 0 Å². The van der Waals surface area contributed by atoms with Gasteiger partial charge in [0, 0.05) is 24.2 Å². The molecular weight excluding hydrogens is 150 g/mol. The van der Waals surface area contributed by atoms with E-state index in [9.17, 15) is 0 Å². The van der Waals surface area contributed by atoms with Crippen LogP contribution in [0.25, 0.3) is 10.9 Å². The maximum atomic E-state index is 5.46. The molecule has 1 aliphatic rings. The molecule has 1 aromatic heterocycles. The zero-order valence-corrected chi connectivity index (χ0v) is 6.63. The van der Waals surface area contributed by atoms with Crippen molar-refractivity contribution in [2.45, 2.75) is 6.42 Å².